The maximum absolute atomic E-state index is 12.4. The molecule has 0 spiro atoms. The number of hydrogen-bond donors (Lipinski definition) is 5. The number of carbonyl (C=O) groups excluding carboxylic acids is 1. The Hall–Kier alpha value is -3.12. The number of anilines is 1. The van der Waals surface area contributed by atoms with Gasteiger partial charge in [-0.25, -0.2) is 4.98 Å². The Morgan fingerprint density at radius 1 is 1.41 bits per heavy atom. The summed E-state index contributed by atoms with van der Waals surface area (Å²) in [6, 6.07) is 5.31. The van der Waals surface area contributed by atoms with Gasteiger partial charge in [0.2, 0.25) is 0 Å². The van der Waals surface area contributed by atoms with Crippen molar-refractivity contribution in [1.82, 2.24) is 20.5 Å². The molecular weight excluding hydrogens is 428 g/mol. The lowest BCUT2D eigenvalue weighted by atomic mass is 10.1. The van der Waals surface area contributed by atoms with Gasteiger partial charge in [-0.2, -0.15) is 0 Å². The van der Waals surface area contributed by atoms with E-state index in [1.54, 1.807) is 25.4 Å². The number of hydrogen-bond acceptors (Lipinski definition) is 7. The summed E-state index contributed by atoms with van der Waals surface area (Å²) in [4.78, 5) is 18.6. The molecule has 1 atom stereocenters. The number of rotatable bonds is 9. The zero-order valence-corrected chi connectivity index (χ0v) is 19.3. The van der Waals surface area contributed by atoms with Crippen LogP contribution < -0.4 is 16.4 Å². The molecule has 1 unspecified atom stereocenters. The number of carbonyl (C=O) groups is 1. The zero-order valence-electron chi connectivity index (χ0n) is 18.5. The van der Waals surface area contributed by atoms with Crippen molar-refractivity contribution in [3.63, 3.8) is 0 Å². The van der Waals surface area contributed by atoms with E-state index in [2.05, 4.69) is 32.4 Å². The number of aliphatic hydroxyl groups excluding tert-OH is 1. The molecule has 0 bridgehead atoms. The van der Waals surface area contributed by atoms with E-state index in [0.29, 0.717) is 17.1 Å². The molecule has 2 aromatic rings. The van der Waals surface area contributed by atoms with E-state index in [1.807, 2.05) is 19.9 Å². The van der Waals surface area contributed by atoms with Gasteiger partial charge < -0.3 is 26.4 Å². The molecule has 1 aromatic carbocycles. The van der Waals surface area contributed by atoms with Gasteiger partial charge in [0.15, 0.2) is 0 Å². The molecule has 0 aliphatic rings. The lowest BCUT2D eigenvalue weighted by Crippen LogP contribution is -2.41. The molecule has 1 amide bonds. The predicted octanol–water partition coefficient (Wildman–Crippen LogP) is 1.76. The van der Waals surface area contributed by atoms with Crippen molar-refractivity contribution < 1.29 is 9.90 Å². The Kier molecular flexibility index (Phi) is 9.47. The highest BCUT2D eigenvalue weighted by atomic mass is 35.5. The van der Waals surface area contributed by atoms with Crippen molar-refractivity contribution in [2.45, 2.75) is 20.0 Å². The van der Waals surface area contributed by atoms with E-state index in [1.165, 1.54) is 6.08 Å². The third-order valence-electron chi connectivity index (χ3n) is 4.87. The number of nitrogens with zero attached hydrogens (tertiary/aromatic N) is 2. The number of likely N-dealkylation sites (N-methyl/N-ethyl adjacent to an activating group) is 2. The van der Waals surface area contributed by atoms with E-state index in [0.717, 1.165) is 23.9 Å². The molecule has 2 rings (SSSR count). The molecular formula is C23H29ClN6O2. The van der Waals surface area contributed by atoms with Crippen LogP contribution >= 0.6 is 11.6 Å². The van der Waals surface area contributed by atoms with Crippen LogP contribution in [0.15, 0.2) is 36.2 Å². The molecule has 9 heteroatoms. The normalized spacial score (nSPS) is 12.2. The zero-order chi connectivity index (χ0) is 23.7. The van der Waals surface area contributed by atoms with Gasteiger partial charge in [-0.3, -0.25) is 10.2 Å². The number of nitrogen functional groups attached to an aromatic ring is 1. The van der Waals surface area contributed by atoms with Gasteiger partial charge in [0.25, 0.3) is 5.91 Å². The van der Waals surface area contributed by atoms with E-state index in [-0.39, 0.29) is 23.8 Å². The van der Waals surface area contributed by atoms with Gasteiger partial charge in [-0.1, -0.05) is 37.4 Å². The second-order valence-electron chi connectivity index (χ2n) is 7.07. The Morgan fingerprint density at radius 2 is 2.12 bits per heavy atom. The van der Waals surface area contributed by atoms with Crippen molar-refractivity contribution in [2.24, 2.45) is 0 Å². The predicted molar refractivity (Wildman–Crippen MR) is 130 cm³/mol. The third kappa shape index (κ3) is 6.95. The van der Waals surface area contributed by atoms with Crippen molar-refractivity contribution in [2.75, 3.05) is 39.0 Å². The first-order valence-electron chi connectivity index (χ1n) is 10.3. The van der Waals surface area contributed by atoms with Gasteiger partial charge in [-0.15, -0.1) is 0 Å². The average Bonchev–Trinajstić information content (AvgIpc) is 2.78. The molecule has 6 N–H and O–H groups in total. The lowest BCUT2D eigenvalue weighted by molar-refractivity contribution is -0.118. The third-order valence-corrected chi connectivity index (χ3v) is 5.11. The fraction of sp³-hybridized carbons (Fsp3) is 0.348. The van der Waals surface area contributed by atoms with Crippen molar-refractivity contribution in [3.05, 3.63) is 46.8 Å². The molecule has 170 valence electrons. The Labute approximate surface area is 193 Å². The van der Waals surface area contributed by atoms with E-state index < -0.39 is 12.0 Å². The summed E-state index contributed by atoms with van der Waals surface area (Å²) in [5.41, 5.74) is 6.51. The second-order valence-corrected chi connectivity index (χ2v) is 7.51. The number of pyridine rings is 1. The van der Waals surface area contributed by atoms with Gasteiger partial charge in [0.1, 0.15) is 17.2 Å². The van der Waals surface area contributed by atoms with Crippen LogP contribution in [0.5, 0.6) is 0 Å². The average molecular weight is 457 g/mol. The highest BCUT2D eigenvalue weighted by Crippen LogP contribution is 2.24. The quantitative estimate of drug-likeness (QED) is 0.222. The number of aliphatic hydroxyl groups is 1. The fourth-order valence-electron chi connectivity index (χ4n) is 3.04. The first kappa shape index (κ1) is 25.1. The lowest BCUT2D eigenvalue weighted by Gasteiger charge is -2.22. The summed E-state index contributed by atoms with van der Waals surface area (Å²) in [6.45, 7) is 6.24. The minimum absolute atomic E-state index is 0.0911. The smallest absolute Gasteiger partial charge is 0.267 e. The molecule has 0 aliphatic heterocycles. The van der Waals surface area contributed by atoms with Crippen LogP contribution in [0.25, 0.3) is 10.8 Å². The minimum Gasteiger partial charge on any atom is -0.390 e. The molecule has 0 saturated heterocycles. The maximum Gasteiger partial charge on any atom is 0.267 e. The maximum atomic E-state index is 12.4. The van der Waals surface area contributed by atoms with Crippen LogP contribution in [0.3, 0.4) is 0 Å². The summed E-state index contributed by atoms with van der Waals surface area (Å²) < 4.78 is 0. The van der Waals surface area contributed by atoms with E-state index in [9.17, 15) is 9.90 Å². The number of fused-ring (bicyclic) bond motifs is 1. The summed E-state index contributed by atoms with van der Waals surface area (Å²) >= 11 is 6.09. The first-order chi connectivity index (χ1) is 15.3. The van der Waals surface area contributed by atoms with Crippen LogP contribution in [-0.2, 0) is 4.79 Å². The van der Waals surface area contributed by atoms with Crippen LogP contribution in [0.4, 0.5) is 5.82 Å². The molecule has 32 heavy (non-hydrogen) atoms. The minimum atomic E-state index is -0.690. The van der Waals surface area contributed by atoms with Gasteiger partial charge >= 0.3 is 0 Å². The molecule has 8 nitrogen and oxygen atoms in total. The van der Waals surface area contributed by atoms with Crippen LogP contribution in [-0.4, -0.2) is 65.9 Å². The second kappa shape index (κ2) is 12.1. The van der Waals surface area contributed by atoms with Crippen LogP contribution in [0.1, 0.15) is 19.4 Å². The number of allylic oxidation sites excluding steroid dienone is 1. The molecule has 1 aromatic heterocycles. The fourth-order valence-corrected chi connectivity index (χ4v) is 3.21. The SMILES string of the molecule is CCN(CC)CC(O)CNC(=O)/C(=C/C(=N)C#Cc1c(N)ncc2ccc(Cl)cc12)NC. The van der Waals surface area contributed by atoms with Gasteiger partial charge in [0, 0.05) is 48.2 Å². The van der Waals surface area contributed by atoms with E-state index in [4.69, 9.17) is 22.7 Å². The Morgan fingerprint density at radius 3 is 2.78 bits per heavy atom. The molecule has 0 fully saturated rings. The highest BCUT2D eigenvalue weighted by molar-refractivity contribution is 6.31. The molecule has 0 saturated carbocycles. The van der Waals surface area contributed by atoms with E-state index >= 15 is 0 Å². The number of nitrogens with two attached hydrogens (primary N) is 1. The van der Waals surface area contributed by atoms with Gasteiger partial charge in [-0.05, 0) is 31.1 Å². The largest absolute Gasteiger partial charge is 0.390 e. The number of halogens is 1. The monoisotopic (exact) mass is 456 g/mol. The summed E-state index contributed by atoms with van der Waals surface area (Å²) in [5, 5.41) is 25.8. The Balaban J connectivity index is 2.12. The molecule has 1 heterocycles. The standard InChI is InChI=1S/C23H29ClN6O2/c1-4-30(5-2)14-18(31)13-29-23(32)21(27-3)11-17(25)8-9-19-20-10-16(24)7-6-15(20)12-28-22(19)26/h6-7,10-12,18,25,27,31H,4-5,13-14H2,1-3H3,(H2,26,28)(H,29,32)/b21-11-,25-17?. The van der Waals surface area contributed by atoms with Crippen molar-refractivity contribution in [3.8, 4) is 11.8 Å². The number of benzene rings is 1. The summed E-state index contributed by atoms with van der Waals surface area (Å²) in [7, 11) is 1.58. The topological polar surface area (TPSA) is 127 Å². The summed E-state index contributed by atoms with van der Waals surface area (Å²) in [5.74, 6) is 5.36. The van der Waals surface area contributed by atoms with Crippen LogP contribution in [0.2, 0.25) is 5.02 Å². The number of amides is 1. The number of nitrogens with one attached hydrogen (secondary N) is 3. The Bertz CT molecular complexity index is 1060. The first-order valence-corrected chi connectivity index (χ1v) is 10.7. The van der Waals surface area contributed by atoms with Crippen molar-refractivity contribution in [1.29, 1.82) is 5.41 Å². The number of aromatic nitrogens is 1. The summed E-state index contributed by atoms with van der Waals surface area (Å²) in [6.07, 6.45) is 2.26. The van der Waals surface area contributed by atoms with Gasteiger partial charge in [0.05, 0.1) is 11.7 Å². The van der Waals surface area contributed by atoms with Crippen LogP contribution in [0, 0.1) is 17.3 Å². The molecule has 0 aliphatic carbocycles. The molecule has 0 radical (unpaired) electrons. The highest BCUT2D eigenvalue weighted by Gasteiger charge is 2.13. The van der Waals surface area contributed by atoms with Crippen molar-refractivity contribution >= 4 is 39.8 Å².